The molecule has 2 aliphatic rings. The van der Waals surface area contributed by atoms with Gasteiger partial charge in [-0.15, -0.1) is 0 Å². The quantitative estimate of drug-likeness (QED) is 0.754. The molecule has 0 spiro atoms. The van der Waals surface area contributed by atoms with Crippen LogP contribution < -0.4 is 15.8 Å². The van der Waals surface area contributed by atoms with E-state index in [0.717, 1.165) is 36.1 Å². The molecule has 1 saturated heterocycles. The third-order valence-electron chi connectivity index (χ3n) is 5.65. The smallest absolute Gasteiger partial charge is 0.313 e. The van der Waals surface area contributed by atoms with Gasteiger partial charge in [0.1, 0.15) is 5.75 Å². The summed E-state index contributed by atoms with van der Waals surface area (Å²) in [6, 6.07) is 7.24. The number of anilines is 1. The van der Waals surface area contributed by atoms with E-state index < -0.39 is 17.7 Å². The number of amides is 3. The zero-order valence-electron chi connectivity index (χ0n) is 16.8. The van der Waals surface area contributed by atoms with Gasteiger partial charge in [0.25, 0.3) is 0 Å². The van der Waals surface area contributed by atoms with Gasteiger partial charge in [0.2, 0.25) is 5.91 Å². The molecule has 3 heterocycles. The van der Waals surface area contributed by atoms with Crippen LogP contribution in [0.25, 0.3) is 0 Å². The molecule has 2 aromatic rings. The minimum Gasteiger partial charge on any atom is -0.493 e. The lowest BCUT2D eigenvalue weighted by Gasteiger charge is -2.38. The Hall–Kier alpha value is -3.42. The number of likely N-dealkylation sites (tertiary alicyclic amines) is 1. The maximum Gasteiger partial charge on any atom is 0.313 e. The number of nitrogens with zero attached hydrogens (tertiary/aromatic N) is 2. The first-order valence-electron chi connectivity index (χ1n) is 10.0. The van der Waals surface area contributed by atoms with Crippen molar-refractivity contribution >= 4 is 23.4 Å². The molecule has 1 aromatic heterocycles. The van der Waals surface area contributed by atoms with Gasteiger partial charge in [-0.2, -0.15) is 0 Å². The fourth-order valence-electron chi connectivity index (χ4n) is 4.10. The largest absolute Gasteiger partial charge is 0.493 e. The van der Waals surface area contributed by atoms with Crippen molar-refractivity contribution in [3.63, 3.8) is 0 Å². The van der Waals surface area contributed by atoms with Gasteiger partial charge >= 0.3 is 11.8 Å². The third kappa shape index (κ3) is 3.98. The van der Waals surface area contributed by atoms with E-state index in [4.69, 9.17) is 10.5 Å². The first-order valence-corrected chi connectivity index (χ1v) is 10.0. The van der Waals surface area contributed by atoms with Crippen LogP contribution in [0.5, 0.6) is 5.75 Å². The van der Waals surface area contributed by atoms with Crippen molar-refractivity contribution in [2.45, 2.75) is 32.2 Å². The number of rotatable bonds is 3. The number of nitrogens with one attached hydrogen (secondary N) is 1. The Morgan fingerprint density at radius 1 is 1.23 bits per heavy atom. The predicted octanol–water partition coefficient (Wildman–Crippen LogP) is 2.30. The van der Waals surface area contributed by atoms with Crippen molar-refractivity contribution in [2.24, 2.45) is 11.7 Å². The molecule has 0 unspecified atom stereocenters. The highest BCUT2D eigenvalue weighted by molar-refractivity contribution is 6.39. The SMILES string of the molecule is C[C@@H]1CC[C@@H](c2ccc3c(c2)CCO3)N(C(=O)C(=O)Nc2cncc(C(N)=O)c2)C1.[HH]. The molecule has 0 saturated carbocycles. The number of benzene rings is 1. The predicted molar refractivity (Wildman–Crippen MR) is 112 cm³/mol. The Morgan fingerprint density at radius 3 is 2.87 bits per heavy atom. The number of hydrogen-bond acceptors (Lipinski definition) is 5. The minimum absolute atomic E-state index is 0. The van der Waals surface area contributed by atoms with E-state index >= 15 is 0 Å². The standard InChI is InChI=1S/C22H24N4O4.H2/c1-13-2-4-18(14-3-5-19-15(8-14)6-7-30-19)26(12-13)22(29)21(28)25-17-9-16(20(23)27)10-24-11-17;/h3,5,8-11,13,18H,2,4,6-7,12H2,1H3,(H2,23,27)(H,25,28);1H/t13-,18+;/m1./s1. The summed E-state index contributed by atoms with van der Waals surface area (Å²) in [6.45, 7) is 3.25. The summed E-state index contributed by atoms with van der Waals surface area (Å²) in [6.07, 6.45) is 5.30. The van der Waals surface area contributed by atoms with Crippen molar-refractivity contribution in [3.8, 4) is 5.75 Å². The summed E-state index contributed by atoms with van der Waals surface area (Å²) >= 11 is 0. The molecule has 158 valence electrons. The molecular formula is C22H26N4O4. The topological polar surface area (TPSA) is 115 Å². The third-order valence-corrected chi connectivity index (χ3v) is 5.65. The Bertz CT molecular complexity index is 1010. The molecule has 8 nitrogen and oxygen atoms in total. The highest BCUT2D eigenvalue weighted by atomic mass is 16.5. The van der Waals surface area contributed by atoms with Crippen LogP contribution >= 0.6 is 0 Å². The molecule has 0 aliphatic carbocycles. The van der Waals surface area contributed by atoms with Gasteiger partial charge in [-0.1, -0.05) is 13.0 Å². The normalized spacial score (nSPS) is 20.2. The number of aromatic nitrogens is 1. The zero-order chi connectivity index (χ0) is 21.3. The summed E-state index contributed by atoms with van der Waals surface area (Å²) in [5.41, 5.74) is 7.81. The summed E-state index contributed by atoms with van der Waals surface area (Å²) in [5.74, 6) is -0.832. The molecule has 2 atom stereocenters. The van der Waals surface area contributed by atoms with Crippen LogP contribution in [0.15, 0.2) is 36.7 Å². The number of nitrogens with two attached hydrogens (primary N) is 1. The Balaban J connectivity index is 0.00000272. The van der Waals surface area contributed by atoms with Crippen LogP contribution in [0, 0.1) is 5.92 Å². The highest BCUT2D eigenvalue weighted by Gasteiger charge is 2.34. The maximum absolute atomic E-state index is 13.1. The van der Waals surface area contributed by atoms with Gasteiger partial charge < -0.3 is 20.7 Å². The van der Waals surface area contributed by atoms with Crippen LogP contribution in [0.1, 0.15) is 48.7 Å². The molecule has 2 aliphatic heterocycles. The first kappa shape index (κ1) is 19.9. The fraction of sp³-hybridized carbons (Fsp3) is 0.364. The summed E-state index contributed by atoms with van der Waals surface area (Å²) in [5, 5.41) is 2.54. The summed E-state index contributed by atoms with van der Waals surface area (Å²) in [4.78, 5) is 42.6. The second-order valence-corrected chi connectivity index (χ2v) is 7.90. The van der Waals surface area contributed by atoms with Crippen LogP contribution in [-0.4, -0.2) is 40.8 Å². The maximum atomic E-state index is 13.1. The first-order chi connectivity index (χ1) is 14.4. The van der Waals surface area contributed by atoms with E-state index in [1.165, 1.54) is 18.5 Å². The minimum atomic E-state index is -0.762. The molecular weight excluding hydrogens is 384 g/mol. The van der Waals surface area contributed by atoms with E-state index in [-0.39, 0.29) is 18.7 Å². The number of fused-ring (bicyclic) bond motifs is 1. The fourth-order valence-corrected chi connectivity index (χ4v) is 4.10. The van der Waals surface area contributed by atoms with Crippen LogP contribution in [0.2, 0.25) is 0 Å². The van der Waals surface area contributed by atoms with E-state index in [0.29, 0.717) is 19.1 Å². The Kier molecular flexibility index (Phi) is 5.39. The van der Waals surface area contributed by atoms with Gasteiger partial charge in [-0.05, 0) is 48.1 Å². The molecule has 0 radical (unpaired) electrons. The van der Waals surface area contributed by atoms with Crippen molar-refractivity contribution in [3.05, 3.63) is 53.3 Å². The number of primary amides is 1. The van der Waals surface area contributed by atoms with E-state index in [1.54, 1.807) is 4.90 Å². The molecule has 3 amide bonds. The van der Waals surface area contributed by atoms with Gasteiger partial charge in [-0.25, -0.2) is 0 Å². The van der Waals surface area contributed by atoms with E-state index in [2.05, 4.69) is 23.3 Å². The van der Waals surface area contributed by atoms with Gasteiger partial charge in [0, 0.05) is 20.6 Å². The van der Waals surface area contributed by atoms with Gasteiger partial charge in [-0.3, -0.25) is 19.4 Å². The molecule has 1 aromatic carbocycles. The zero-order valence-corrected chi connectivity index (χ0v) is 16.8. The van der Waals surface area contributed by atoms with Crippen LogP contribution in [-0.2, 0) is 16.0 Å². The Labute approximate surface area is 175 Å². The van der Waals surface area contributed by atoms with E-state index in [1.807, 2.05) is 12.1 Å². The molecule has 3 N–H and O–H groups in total. The van der Waals surface area contributed by atoms with Crippen LogP contribution in [0.3, 0.4) is 0 Å². The highest BCUT2D eigenvalue weighted by Crippen LogP contribution is 2.36. The van der Waals surface area contributed by atoms with Gasteiger partial charge in [0.05, 0.1) is 30.1 Å². The van der Waals surface area contributed by atoms with Crippen molar-refractivity contribution in [1.82, 2.24) is 9.88 Å². The number of carbonyl (C=O) groups excluding carboxylic acids is 3. The molecule has 1 fully saturated rings. The van der Waals surface area contributed by atoms with Crippen LogP contribution in [0.4, 0.5) is 5.69 Å². The van der Waals surface area contributed by atoms with Crippen molar-refractivity contribution in [2.75, 3.05) is 18.5 Å². The molecule has 8 heteroatoms. The number of piperidine rings is 1. The Morgan fingerprint density at radius 2 is 2.07 bits per heavy atom. The second-order valence-electron chi connectivity index (χ2n) is 7.90. The monoisotopic (exact) mass is 410 g/mol. The van der Waals surface area contributed by atoms with E-state index in [9.17, 15) is 14.4 Å². The number of ether oxygens (including phenoxy) is 1. The number of carbonyl (C=O) groups is 3. The lowest BCUT2D eigenvalue weighted by molar-refractivity contribution is -0.146. The van der Waals surface area contributed by atoms with Crippen molar-refractivity contribution in [1.29, 1.82) is 0 Å². The lowest BCUT2D eigenvalue weighted by Crippen LogP contribution is -2.46. The molecule has 30 heavy (non-hydrogen) atoms. The molecule has 4 rings (SSSR count). The average Bonchev–Trinajstić information content (AvgIpc) is 3.21. The molecule has 0 bridgehead atoms. The number of hydrogen-bond donors (Lipinski definition) is 2. The second kappa shape index (κ2) is 8.14. The number of pyridine rings is 1. The van der Waals surface area contributed by atoms with Gasteiger partial charge in [0.15, 0.2) is 0 Å². The summed E-state index contributed by atoms with van der Waals surface area (Å²) in [7, 11) is 0. The average molecular weight is 410 g/mol. The summed E-state index contributed by atoms with van der Waals surface area (Å²) < 4.78 is 5.58. The lowest BCUT2D eigenvalue weighted by atomic mass is 9.89. The van der Waals surface area contributed by atoms with Crippen molar-refractivity contribution < 1.29 is 20.5 Å².